The molecule has 2 rings (SSSR count). The number of hydrogen-bond acceptors (Lipinski definition) is 3. The Hall–Kier alpha value is -2.61. The van der Waals surface area contributed by atoms with Crippen LogP contribution in [0.3, 0.4) is 0 Å². The number of aromatic carboxylic acids is 1. The van der Waals surface area contributed by atoms with E-state index in [0.717, 1.165) is 5.69 Å². The first-order valence-corrected chi connectivity index (χ1v) is 7.61. The van der Waals surface area contributed by atoms with E-state index in [-0.39, 0.29) is 5.41 Å². The van der Waals surface area contributed by atoms with Crippen molar-refractivity contribution >= 4 is 5.97 Å². The molecule has 0 atom stereocenters. The van der Waals surface area contributed by atoms with Gasteiger partial charge in [-0.25, -0.2) is 9.48 Å². The van der Waals surface area contributed by atoms with E-state index >= 15 is 0 Å². The Morgan fingerprint density at radius 2 is 1.91 bits per heavy atom. The molecule has 23 heavy (non-hydrogen) atoms. The van der Waals surface area contributed by atoms with E-state index in [1.807, 2.05) is 6.92 Å². The third kappa shape index (κ3) is 3.59. The molecular weight excluding hydrogens is 290 g/mol. The van der Waals surface area contributed by atoms with E-state index in [2.05, 4.69) is 31.9 Å². The molecule has 0 aliphatic carbocycles. The lowest BCUT2D eigenvalue weighted by Crippen LogP contribution is -2.13. The molecule has 2 aromatic rings. The molecule has 0 aliphatic rings. The van der Waals surface area contributed by atoms with Gasteiger partial charge in [-0.3, -0.25) is 0 Å². The topological polar surface area (TPSA) is 78.9 Å². The molecule has 120 valence electrons. The molecule has 1 heterocycles. The number of benzene rings is 1. The highest BCUT2D eigenvalue weighted by molar-refractivity contribution is 5.90. The number of carboxylic acid groups (broad SMARTS) is 1. The van der Waals surface area contributed by atoms with Crippen LogP contribution in [0.1, 0.15) is 55.0 Å². The third-order valence-electron chi connectivity index (χ3n) is 3.54. The van der Waals surface area contributed by atoms with Gasteiger partial charge in [0, 0.05) is 0 Å². The van der Waals surface area contributed by atoms with Gasteiger partial charge in [-0.1, -0.05) is 27.7 Å². The van der Waals surface area contributed by atoms with E-state index in [0.29, 0.717) is 35.4 Å². The van der Waals surface area contributed by atoms with Crippen LogP contribution in [0.15, 0.2) is 24.3 Å². The highest BCUT2D eigenvalue weighted by atomic mass is 16.4. The zero-order valence-electron chi connectivity index (χ0n) is 13.9. The summed E-state index contributed by atoms with van der Waals surface area (Å²) in [7, 11) is 0. The lowest BCUT2D eigenvalue weighted by Gasteiger charge is -2.16. The van der Waals surface area contributed by atoms with Gasteiger partial charge in [0.25, 0.3) is 0 Å². The number of nitriles is 1. The van der Waals surface area contributed by atoms with Crippen LogP contribution in [0.2, 0.25) is 0 Å². The van der Waals surface area contributed by atoms with Crippen molar-refractivity contribution in [1.82, 2.24) is 9.78 Å². The van der Waals surface area contributed by atoms with Crippen LogP contribution in [0.5, 0.6) is 0 Å². The minimum Gasteiger partial charge on any atom is -0.478 e. The number of carbonyl (C=O) groups is 1. The Labute approximate surface area is 136 Å². The van der Waals surface area contributed by atoms with Crippen molar-refractivity contribution in [2.24, 2.45) is 5.41 Å². The fourth-order valence-corrected chi connectivity index (χ4v) is 2.59. The van der Waals surface area contributed by atoms with Crippen LogP contribution >= 0.6 is 0 Å². The van der Waals surface area contributed by atoms with Gasteiger partial charge in [0.15, 0.2) is 0 Å². The molecule has 0 unspecified atom stereocenters. The SMILES string of the molecule is CCc1c(C(=O)O)c(CC(C)(C)C)nn1-c1ccc(C#N)cc1. The molecule has 0 saturated heterocycles. The van der Waals surface area contributed by atoms with E-state index in [1.54, 1.807) is 28.9 Å². The van der Waals surface area contributed by atoms with Crippen LogP contribution < -0.4 is 0 Å². The average molecular weight is 311 g/mol. The van der Waals surface area contributed by atoms with Gasteiger partial charge in [-0.15, -0.1) is 0 Å². The second-order valence-corrected chi connectivity index (χ2v) is 6.74. The second-order valence-electron chi connectivity index (χ2n) is 6.74. The van der Waals surface area contributed by atoms with Gasteiger partial charge < -0.3 is 5.11 Å². The molecular formula is C18H21N3O2. The van der Waals surface area contributed by atoms with Gasteiger partial charge in [-0.05, 0) is 42.5 Å². The van der Waals surface area contributed by atoms with Gasteiger partial charge in [0.05, 0.1) is 28.7 Å². The van der Waals surface area contributed by atoms with Gasteiger partial charge in [0.1, 0.15) is 5.56 Å². The minimum absolute atomic E-state index is 0.0565. The standard InChI is InChI=1S/C18H21N3O2/c1-5-15-16(17(22)23)14(10-18(2,3)4)20-21(15)13-8-6-12(11-19)7-9-13/h6-9H,5,10H2,1-4H3,(H,22,23). The highest BCUT2D eigenvalue weighted by Gasteiger charge is 2.26. The molecule has 5 nitrogen and oxygen atoms in total. The predicted octanol–water partition coefficient (Wildman–Crippen LogP) is 3.59. The zero-order chi connectivity index (χ0) is 17.2. The van der Waals surface area contributed by atoms with Crippen molar-refractivity contribution in [2.45, 2.75) is 40.5 Å². The maximum Gasteiger partial charge on any atom is 0.339 e. The first kappa shape index (κ1) is 16.8. The molecule has 1 aromatic heterocycles. The maximum atomic E-state index is 11.7. The summed E-state index contributed by atoms with van der Waals surface area (Å²) in [6.07, 6.45) is 1.16. The fourth-order valence-electron chi connectivity index (χ4n) is 2.59. The monoisotopic (exact) mass is 311 g/mol. The normalized spacial score (nSPS) is 11.3. The number of nitrogens with zero attached hydrogens (tertiary/aromatic N) is 3. The van der Waals surface area contributed by atoms with E-state index in [4.69, 9.17) is 5.26 Å². The van der Waals surface area contributed by atoms with Crippen LogP contribution in [0.4, 0.5) is 0 Å². The Morgan fingerprint density at radius 1 is 1.30 bits per heavy atom. The predicted molar refractivity (Wildman–Crippen MR) is 87.8 cm³/mol. The van der Waals surface area contributed by atoms with Crippen molar-refractivity contribution < 1.29 is 9.90 Å². The Balaban J connectivity index is 2.61. The highest BCUT2D eigenvalue weighted by Crippen LogP contribution is 2.26. The summed E-state index contributed by atoms with van der Waals surface area (Å²) in [5.41, 5.74) is 2.86. The first-order chi connectivity index (χ1) is 10.8. The van der Waals surface area contributed by atoms with Crippen molar-refractivity contribution in [3.63, 3.8) is 0 Å². The number of aromatic nitrogens is 2. The summed E-state index contributed by atoms with van der Waals surface area (Å²) in [4.78, 5) is 11.7. The van der Waals surface area contributed by atoms with Gasteiger partial charge in [0.2, 0.25) is 0 Å². The molecule has 0 aliphatic heterocycles. The number of rotatable bonds is 4. The maximum absolute atomic E-state index is 11.7. The van der Waals surface area contributed by atoms with Crippen molar-refractivity contribution in [1.29, 1.82) is 5.26 Å². The van der Waals surface area contributed by atoms with Crippen molar-refractivity contribution in [2.75, 3.05) is 0 Å². The van der Waals surface area contributed by atoms with E-state index in [9.17, 15) is 9.90 Å². The number of carboxylic acids is 1. The molecule has 0 fully saturated rings. The van der Waals surface area contributed by atoms with E-state index in [1.165, 1.54) is 0 Å². The third-order valence-corrected chi connectivity index (χ3v) is 3.54. The molecule has 0 saturated carbocycles. The quantitative estimate of drug-likeness (QED) is 0.935. The van der Waals surface area contributed by atoms with Gasteiger partial charge in [-0.2, -0.15) is 10.4 Å². The van der Waals surface area contributed by atoms with Crippen LogP contribution in [0, 0.1) is 16.7 Å². The van der Waals surface area contributed by atoms with Crippen LogP contribution in [0.25, 0.3) is 5.69 Å². The fraction of sp³-hybridized carbons (Fsp3) is 0.389. The molecule has 0 bridgehead atoms. The van der Waals surface area contributed by atoms with E-state index < -0.39 is 5.97 Å². The Morgan fingerprint density at radius 3 is 2.35 bits per heavy atom. The molecule has 0 amide bonds. The summed E-state index contributed by atoms with van der Waals surface area (Å²) in [6, 6.07) is 9.07. The van der Waals surface area contributed by atoms with Gasteiger partial charge >= 0.3 is 5.97 Å². The summed E-state index contributed by atoms with van der Waals surface area (Å²) >= 11 is 0. The zero-order valence-corrected chi connectivity index (χ0v) is 13.9. The lowest BCUT2D eigenvalue weighted by molar-refractivity contribution is 0.0694. The number of hydrogen-bond donors (Lipinski definition) is 1. The molecule has 0 spiro atoms. The first-order valence-electron chi connectivity index (χ1n) is 7.61. The summed E-state index contributed by atoms with van der Waals surface area (Å²) < 4.78 is 1.69. The lowest BCUT2D eigenvalue weighted by atomic mass is 9.89. The Bertz CT molecular complexity index is 759. The molecule has 1 aromatic carbocycles. The Kier molecular flexibility index (Phi) is 4.55. The average Bonchev–Trinajstić information content (AvgIpc) is 2.83. The summed E-state index contributed by atoms with van der Waals surface area (Å²) in [5.74, 6) is -0.944. The smallest absolute Gasteiger partial charge is 0.339 e. The van der Waals surface area contributed by atoms with Crippen molar-refractivity contribution in [3.8, 4) is 11.8 Å². The summed E-state index contributed by atoms with van der Waals surface area (Å²) in [5, 5.41) is 23.1. The van der Waals surface area contributed by atoms with Crippen LogP contribution in [-0.2, 0) is 12.8 Å². The molecule has 1 N–H and O–H groups in total. The summed E-state index contributed by atoms with van der Waals surface area (Å²) in [6.45, 7) is 8.10. The van der Waals surface area contributed by atoms with Crippen molar-refractivity contribution in [3.05, 3.63) is 46.8 Å². The molecule has 5 heteroatoms. The minimum atomic E-state index is -0.944. The second kappa shape index (κ2) is 6.25. The largest absolute Gasteiger partial charge is 0.478 e. The molecule has 0 radical (unpaired) electrons. The van der Waals surface area contributed by atoms with Crippen LogP contribution in [-0.4, -0.2) is 20.9 Å².